The maximum atomic E-state index is 4.94. The van der Waals surface area contributed by atoms with E-state index in [1.54, 1.807) is 42.7 Å². The summed E-state index contributed by atoms with van der Waals surface area (Å²) in [6.07, 6.45) is 0.319. The molecule has 33 heavy (non-hydrogen) atoms. The zero-order valence-electron chi connectivity index (χ0n) is 26.7. The molecule has 210 valence electrons. The van der Waals surface area contributed by atoms with Crippen LogP contribution in [0.1, 0.15) is 104 Å². The molecule has 0 aliphatic carbocycles. The van der Waals surface area contributed by atoms with Crippen LogP contribution in [-0.4, -0.2) is 66.4 Å². The highest BCUT2D eigenvalue weighted by molar-refractivity contribution is 4.55. The van der Waals surface area contributed by atoms with Crippen molar-refractivity contribution in [3.05, 3.63) is 0 Å². The summed E-state index contributed by atoms with van der Waals surface area (Å²) in [5.41, 5.74) is 0.542. The van der Waals surface area contributed by atoms with Crippen LogP contribution in [0.2, 0.25) is 0 Å². The monoisotopic (exact) mass is 486 g/mol. The molecule has 0 N–H and O–H groups in total. The molecule has 0 unspecified atom stereocenters. The van der Waals surface area contributed by atoms with Gasteiger partial charge in [-0.15, -0.1) is 0 Å². The molecule has 0 rings (SSSR count). The first-order chi connectivity index (χ1) is 14.5. The fourth-order valence-corrected chi connectivity index (χ4v) is 0.180. The average Bonchev–Trinajstić information content (AvgIpc) is 2.66. The highest BCUT2D eigenvalue weighted by Crippen LogP contribution is 2.08. The summed E-state index contributed by atoms with van der Waals surface area (Å²) in [5, 5.41) is 0. The zero-order valence-corrected chi connectivity index (χ0v) is 26.7. The molecule has 6 nitrogen and oxygen atoms in total. The molecular weight excluding hydrogens is 420 g/mol. The lowest BCUT2D eigenvalue weighted by atomic mass is 10.0. The second-order valence-corrected chi connectivity index (χ2v) is 11.2. The predicted molar refractivity (Wildman–Crippen MR) is 146 cm³/mol. The number of methoxy groups -OCH3 is 6. The molecule has 0 saturated carbocycles. The topological polar surface area (TPSA) is 55.4 Å². The quantitative estimate of drug-likeness (QED) is 0.369. The second kappa shape index (κ2) is 28.0. The first-order valence-corrected chi connectivity index (χ1v) is 11.7. The molecule has 0 bridgehead atoms. The van der Waals surface area contributed by atoms with Gasteiger partial charge in [-0.3, -0.25) is 0 Å². The third kappa shape index (κ3) is 129. The van der Waals surface area contributed by atoms with E-state index in [4.69, 9.17) is 18.9 Å². The summed E-state index contributed by atoms with van der Waals surface area (Å²) >= 11 is 0. The van der Waals surface area contributed by atoms with Gasteiger partial charge in [0, 0.05) is 42.7 Å². The van der Waals surface area contributed by atoms with Crippen molar-refractivity contribution < 1.29 is 28.4 Å². The van der Waals surface area contributed by atoms with Gasteiger partial charge in [0.15, 0.2) is 12.1 Å². The third-order valence-electron chi connectivity index (χ3n) is 2.73. The number of hydrogen-bond acceptors (Lipinski definition) is 6. The number of ether oxygens (including phenoxy) is 6. The van der Waals surface area contributed by atoms with Gasteiger partial charge in [-0.05, 0) is 66.7 Å². The Hall–Kier alpha value is -0.240. The van der Waals surface area contributed by atoms with Gasteiger partial charge in [-0.25, -0.2) is 0 Å². The summed E-state index contributed by atoms with van der Waals surface area (Å²) in [6, 6.07) is 0. The third-order valence-corrected chi connectivity index (χ3v) is 2.73. The van der Waals surface area contributed by atoms with Crippen LogP contribution < -0.4 is 0 Å². The van der Waals surface area contributed by atoms with E-state index in [0.29, 0.717) is 11.5 Å². The Balaban J connectivity index is -0.0000000668. The lowest BCUT2D eigenvalue weighted by Gasteiger charge is -2.19. The van der Waals surface area contributed by atoms with E-state index in [2.05, 4.69) is 57.9 Å². The van der Waals surface area contributed by atoms with Crippen molar-refractivity contribution in [2.45, 2.75) is 128 Å². The Kier molecular flexibility index (Phi) is 39.2. The van der Waals surface area contributed by atoms with Gasteiger partial charge in [-0.1, -0.05) is 48.5 Å². The van der Waals surface area contributed by atoms with E-state index >= 15 is 0 Å². The molecule has 0 radical (unpaired) electrons. The fraction of sp³-hybridized carbons (Fsp3) is 1.00. The van der Waals surface area contributed by atoms with E-state index in [1.807, 2.05) is 55.4 Å². The van der Waals surface area contributed by atoms with Gasteiger partial charge in [0.25, 0.3) is 0 Å². The van der Waals surface area contributed by atoms with E-state index < -0.39 is 5.79 Å². The Morgan fingerprint density at radius 3 is 0.636 bits per heavy atom. The second-order valence-electron chi connectivity index (χ2n) is 11.2. The normalized spacial score (nSPS) is 10.9. The highest BCUT2D eigenvalue weighted by Gasteiger charge is 2.12. The van der Waals surface area contributed by atoms with E-state index in [1.165, 1.54) is 0 Å². The van der Waals surface area contributed by atoms with E-state index in [0.717, 1.165) is 5.92 Å². The summed E-state index contributed by atoms with van der Waals surface area (Å²) < 4.78 is 28.8. The fourth-order valence-electron chi connectivity index (χ4n) is 0.180. The minimum absolute atomic E-state index is 0.0417. The average molecular weight is 487 g/mol. The Morgan fingerprint density at radius 2 is 0.636 bits per heavy atom. The minimum Gasteiger partial charge on any atom is -0.382 e. The van der Waals surface area contributed by atoms with Crippen LogP contribution in [0.3, 0.4) is 0 Å². The molecular formula is C27H66O6. The molecule has 0 saturated heterocycles. The van der Waals surface area contributed by atoms with Crippen molar-refractivity contribution in [3.63, 3.8) is 0 Å². The first kappa shape index (κ1) is 46.1. The maximum Gasteiger partial charge on any atom is 0.161 e. The van der Waals surface area contributed by atoms with E-state index in [9.17, 15) is 0 Å². The van der Waals surface area contributed by atoms with Gasteiger partial charge in [0.2, 0.25) is 0 Å². The van der Waals surface area contributed by atoms with Crippen LogP contribution in [0.15, 0.2) is 0 Å². The number of hydrogen-bond donors (Lipinski definition) is 0. The predicted octanol–water partition coefficient (Wildman–Crippen LogP) is 7.83. The van der Waals surface area contributed by atoms with Gasteiger partial charge in [0.1, 0.15) is 0 Å². The summed E-state index contributed by atoms with van der Waals surface area (Å²) in [4.78, 5) is 0. The van der Waals surface area contributed by atoms with Crippen molar-refractivity contribution in [1.82, 2.24) is 0 Å². The summed E-state index contributed by atoms with van der Waals surface area (Å²) in [6.45, 7) is 30.9. The lowest BCUT2D eigenvalue weighted by Crippen LogP contribution is -2.24. The standard InChI is InChI=1S/C5H12O2.C5H12O.C5H12.C4H10O2.C4H10O.C4H10/c1-5(2,6-3)7-4;1-5(2,3)6-4;1-5(2,3)4;1-4(5-2)6-3;1-4(2)5-3;1-4(2)3/h1-4H3;1-4H3;1-4H3;4H,1-3H3;4H,1-3H3;4H,1-3H3. The maximum absolute atomic E-state index is 4.94. The molecule has 0 aromatic carbocycles. The van der Waals surface area contributed by atoms with E-state index in [-0.39, 0.29) is 11.9 Å². The van der Waals surface area contributed by atoms with Crippen LogP contribution in [0.5, 0.6) is 0 Å². The summed E-state index contributed by atoms with van der Waals surface area (Å²) in [7, 11) is 9.85. The minimum atomic E-state index is -0.417. The molecule has 0 aliphatic heterocycles. The molecule has 0 atom stereocenters. The van der Waals surface area contributed by atoms with Crippen LogP contribution in [-0.2, 0) is 28.4 Å². The molecule has 0 amide bonds. The molecule has 0 heterocycles. The SMILES string of the molecule is CC(C)(C)C.CC(C)C.COC(C)(C)C.COC(C)(C)OC.COC(C)C.COC(C)OC. The van der Waals surface area contributed by atoms with Crippen LogP contribution in [0.25, 0.3) is 0 Å². The van der Waals surface area contributed by atoms with Gasteiger partial charge in [0.05, 0.1) is 11.7 Å². The molecule has 0 aromatic heterocycles. The molecule has 0 aromatic rings. The van der Waals surface area contributed by atoms with Gasteiger partial charge < -0.3 is 28.4 Å². The molecule has 0 spiro atoms. The largest absolute Gasteiger partial charge is 0.382 e. The van der Waals surface area contributed by atoms with Crippen molar-refractivity contribution in [1.29, 1.82) is 0 Å². The summed E-state index contributed by atoms with van der Waals surface area (Å²) in [5.74, 6) is 0.417. The van der Waals surface area contributed by atoms with Crippen LogP contribution >= 0.6 is 0 Å². The van der Waals surface area contributed by atoms with Crippen molar-refractivity contribution in [2.75, 3.05) is 42.7 Å². The zero-order chi connectivity index (χ0) is 28.5. The van der Waals surface area contributed by atoms with Gasteiger partial charge >= 0.3 is 0 Å². The van der Waals surface area contributed by atoms with Gasteiger partial charge in [-0.2, -0.15) is 0 Å². The molecule has 0 aliphatic rings. The van der Waals surface area contributed by atoms with Crippen molar-refractivity contribution >= 4 is 0 Å². The molecule has 0 fully saturated rings. The van der Waals surface area contributed by atoms with Crippen LogP contribution in [0.4, 0.5) is 0 Å². The highest BCUT2D eigenvalue weighted by atomic mass is 16.7. The Labute approximate surface area is 210 Å². The molecule has 6 heteroatoms. The van der Waals surface area contributed by atoms with Crippen molar-refractivity contribution in [2.24, 2.45) is 11.3 Å². The number of rotatable bonds is 5. The van der Waals surface area contributed by atoms with Crippen LogP contribution in [0, 0.1) is 11.3 Å². The Bertz CT molecular complexity index is 310. The lowest BCUT2D eigenvalue weighted by molar-refractivity contribution is -0.178. The smallest absolute Gasteiger partial charge is 0.161 e. The Morgan fingerprint density at radius 1 is 0.455 bits per heavy atom. The van der Waals surface area contributed by atoms with Crippen molar-refractivity contribution in [3.8, 4) is 0 Å². The first-order valence-electron chi connectivity index (χ1n) is 11.7.